The molecule has 1 unspecified atom stereocenters. The molecule has 11 heteroatoms. The number of rotatable bonds is 5. The van der Waals surface area contributed by atoms with E-state index in [1.54, 1.807) is 29.8 Å². The van der Waals surface area contributed by atoms with Gasteiger partial charge in [-0.25, -0.2) is 14.5 Å². The smallest absolute Gasteiger partial charge is 0.423 e. The molecule has 156 valence electrons. The lowest BCUT2D eigenvalue weighted by Gasteiger charge is -2.26. The van der Waals surface area contributed by atoms with Crippen LogP contribution in [0.25, 0.3) is 21.5 Å². The second-order valence-electron chi connectivity index (χ2n) is 6.66. The van der Waals surface area contributed by atoms with E-state index in [1.165, 1.54) is 29.0 Å². The fourth-order valence-electron chi connectivity index (χ4n) is 3.12. The van der Waals surface area contributed by atoms with Crippen molar-refractivity contribution >= 4 is 22.3 Å². The highest BCUT2D eigenvalue weighted by molar-refractivity contribution is 7.13. The third-order valence-electron chi connectivity index (χ3n) is 4.76. The van der Waals surface area contributed by atoms with Gasteiger partial charge in [0.05, 0.1) is 12.7 Å². The van der Waals surface area contributed by atoms with Gasteiger partial charge < -0.3 is 9.52 Å². The van der Waals surface area contributed by atoms with Crippen LogP contribution in [-0.4, -0.2) is 31.3 Å². The number of halogens is 3. The highest BCUT2D eigenvalue weighted by Gasteiger charge is 2.55. The summed E-state index contributed by atoms with van der Waals surface area (Å²) >= 11 is 1.39. The summed E-state index contributed by atoms with van der Waals surface area (Å²) in [6.07, 6.45) is -2.77. The Labute approximate surface area is 171 Å². The number of alkyl halides is 3. The van der Waals surface area contributed by atoms with E-state index in [-0.39, 0.29) is 6.54 Å². The maximum atomic E-state index is 13.2. The van der Waals surface area contributed by atoms with Gasteiger partial charge in [-0.3, -0.25) is 0 Å². The molecule has 4 aromatic rings. The number of thiazole rings is 1. The molecule has 1 atom stereocenters. The zero-order chi connectivity index (χ0) is 21.5. The number of fused-ring (bicyclic) bond motifs is 1. The van der Waals surface area contributed by atoms with Crippen LogP contribution in [0.15, 0.2) is 51.3 Å². The van der Waals surface area contributed by atoms with Gasteiger partial charge in [0.25, 0.3) is 0 Å². The SMILES string of the molecule is CCC(O)(c1cn(Cc2ccc3c(-c4nccs4)cc(=O)oc3c2)nn1)C(F)(F)F. The molecule has 0 radical (unpaired) electrons. The molecule has 0 aliphatic heterocycles. The van der Waals surface area contributed by atoms with Gasteiger partial charge in [0.2, 0.25) is 5.60 Å². The Kier molecular flexibility index (Phi) is 4.94. The largest absolute Gasteiger partial charge is 0.423 e. The van der Waals surface area contributed by atoms with Crippen LogP contribution < -0.4 is 5.63 Å². The quantitative estimate of drug-likeness (QED) is 0.480. The van der Waals surface area contributed by atoms with Gasteiger partial charge in [-0.15, -0.1) is 16.4 Å². The van der Waals surface area contributed by atoms with E-state index in [1.807, 2.05) is 0 Å². The van der Waals surface area contributed by atoms with Crippen LogP contribution in [-0.2, 0) is 12.1 Å². The predicted molar refractivity (Wildman–Crippen MR) is 103 cm³/mol. The standard InChI is InChI=1S/C19H15F3N4O3S/c1-2-18(28,19(20,21)22)15-10-26(25-24-15)9-11-3-4-12-13(17-23-5-6-30-17)8-16(27)29-14(12)7-11/h3-8,10,28H,2,9H2,1H3. The summed E-state index contributed by atoms with van der Waals surface area (Å²) in [6, 6.07) is 6.48. The zero-order valence-electron chi connectivity index (χ0n) is 15.6. The fraction of sp³-hybridized carbons (Fsp3) is 0.263. The minimum absolute atomic E-state index is 0.0752. The maximum Gasteiger partial charge on any atom is 0.423 e. The number of aromatic nitrogens is 4. The fourth-order valence-corrected chi connectivity index (χ4v) is 3.79. The summed E-state index contributed by atoms with van der Waals surface area (Å²) < 4.78 is 46.1. The van der Waals surface area contributed by atoms with Gasteiger partial charge >= 0.3 is 11.8 Å². The number of aliphatic hydroxyl groups is 1. The molecule has 1 N–H and O–H groups in total. The van der Waals surface area contributed by atoms with Gasteiger partial charge in [-0.1, -0.05) is 24.3 Å². The van der Waals surface area contributed by atoms with Crippen LogP contribution in [0.4, 0.5) is 13.2 Å². The van der Waals surface area contributed by atoms with Crippen molar-refractivity contribution in [1.82, 2.24) is 20.0 Å². The Bertz CT molecular complexity index is 1250. The van der Waals surface area contributed by atoms with Crippen molar-refractivity contribution < 1.29 is 22.7 Å². The molecule has 7 nitrogen and oxygen atoms in total. The minimum atomic E-state index is -4.87. The Morgan fingerprint density at radius 3 is 2.73 bits per heavy atom. The molecule has 4 rings (SSSR count). The van der Waals surface area contributed by atoms with Gasteiger partial charge in [0.1, 0.15) is 16.3 Å². The Balaban J connectivity index is 1.68. The third kappa shape index (κ3) is 3.50. The molecule has 1 aromatic carbocycles. The van der Waals surface area contributed by atoms with Gasteiger partial charge in [-0.05, 0) is 18.1 Å². The molecule has 30 heavy (non-hydrogen) atoms. The van der Waals surface area contributed by atoms with Crippen LogP contribution in [0.3, 0.4) is 0 Å². The Morgan fingerprint density at radius 1 is 1.27 bits per heavy atom. The Morgan fingerprint density at radius 2 is 2.07 bits per heavy atom. The first-order valence-electron chi connectivity index (χ1n) is 8.87. The van der Waals surface area contributed by atoms with Crippen LogP contribution in [0.1, 0.15) is 24.6 Å². The van der Waals surface area contributed by atoms with Crippen molar-refractivity contribution in [3.8, 4) is 10.6 Å². The van der Waals surface area contributed by atoms with Crippen molar-refractivity contribution in [2.45, 2.75) is 31.7 Å². The first-order valence-corrected chi connectivity index (χ1v) is 9.75. The van der Waals surface area contributed by atoms with Crippen molar-refractivity contribution in [3.05, 3.63) is 63.7 Å². The highest BCUT2D eigenvalue weighted by Crippen LogP contribution is 2.40. The predicted octanol–water partition coefficient (Wildman–Crippen LogP) is 3.72. The molecule has 3 heterocycles. The van der Waals surface area contributed by atoms with E-state index in [9.17, 15) is 23.1 Å². The second kappa shape index (κ2) is 7.33. The van der Waals surface area contributed by atoms with E-state index in [0.717, 1.165) is 6.20 Å². The summed E-state index contributed by atoms with van der Waals surface area (Å²) in [7, 11) is 0. The first-order chi connectivity index (χ1) is 14.2. The average molecular weight is 436 g/mol. The number of nitrogens with zero attached hydrogens (tertiary/aromatic N) is 4. The summed E-state index contributed by atoms with van der Waals surface area (Å²) in [5, 5.41) is 20.4. The normalized spacial score (nSPS) is 14.2. The van der Waals surface area contributed by atoms with E-state index < -0.39 is 29.5 Å². The second-order valence-corrected chi connectivity index (χ2v) is 7.55. The average Bonchev–Trinajstić information content (AvgIpc) is 3.38. The molecule has 0 saturated carbocycles. The van der Waals surface area contributed by atoms with Crippen molar-refractivity contribution in [3.63, 3.8) is 0 Å². The van der Waals surface area contributed by atoms with Crippen molar-refractivity contribution in [2.24, 2.45) is 0 Å². The van der Waals surface area contributed by atoms with Crippen LogP contribution in [0, 0.1) is 0 Å². The molecule has 3 aromatic heterocycles. The summed E-state index contributed by atoms with van der Waals surface area (Å²) in [5.41, 5.74) is -2.58. The monoisotopic (exact) mass is 436 g/mol. The topological polar surface area (TPSA) is 94.0 Å². The molecule has 0 aliphatic rings. The number of benzene rings is 1. The van der Waals surface area contributed by atoms with Crippen LogP contribution in [0.2, 0.25) is 0 Å². The lowest BCUT2D eigenvalue weighted by atomic mass is 9.96. The van der Waals surface area contributed by atoms with E-state index >= 15 is 0 Å². The van der Waals surface area contributed by atoms with Crippen LogP contribution in [0.5, 0.6) is 0 Å². The summed E-state index contributed by atoms with van der Waals surface area (Å²) in [5.74, 6) is 0. The maximum absolute atomic E-state index is 13.2. The van der Waals surface area contributed by atoms with Crippen LogP contribution >= 0.6 is 11.3 Å². The minimum Gasteiger partial charge on any atom is -0.423 e. The van der Waals surface area contributed by atoms with E-state index in [4.69, 9.17) is 4.42 Å². The lowest BCUT2D eigenvalue weighted by Crippen LogP contribution is -2.42. The number of hydrogen-bond donors (Lipinski definition) is 1. The molecule has 0 bridgehead atoms. The highest BCUT2D eigenvalue weighted by atomic mass is 32.1. The van der Waals surface area contributed by atoms with Crippen molar-refractivity contribution in [2.75, 3.05) is 0 Å². The molecule has 0 aliphatic carbocycles. The van der Waals surface area contributed by atoms with Gasteiger partial charge in [0, 0.05) is 28.6 Å². The summed E-state index contributed by atoms with van der Waals surface area (Å²) in [6.45, 7) is 1.30. The zero-order valence-corrected chi connectivity index (χ0v) is 16.4. The summed E-state index contributed by atoms with van der Waals surface area (Å²) in [4.78, 5) is 16.2. The molecular weight excluding hydrogens is 421 g/mol. The van der Waals surface area contributed by atoms with Gasteiger partial charge in [-0.2, -0.15) is 13.2 Å². The number of hydrogen-bond acceptors (Lipinski definition) is 7. The molecule has 0 amide bonds. The molecule has 0 saturated heterocycles. The van der Waals surface area contributed by atoms with Crippen molar-refractivity contribution in [1.29, 1.82) is 0 Å². The molecule has 0 spiro atoms. The van der Waals surface area contributed by atoms with E-state index in [0.29, 0.717) is 27.1 Å². The molecule has 0 fully saturated rings. The Hall–Kier alpha value is -3.05. The van der Waals surface area contributed by atoms with Gasteiger partial charge in [0.15, 0.2) is 0 Å². The first kappa shape index (κ1) is 20.2. The van der Waals surface area contributed by atoms with E-state index in [2.05, 4.69) is 15.3 Å². The third-order valence-corrected chi connectivity index (χ3v) is 5.57. The molecular formula is C19H15F3N4O3S. The lowest BCUT2D eigenvalue weighted by molar-refractivity contribution is -0.269.